The second kappa shape index (κ2) is 8.48. The predicted octanol–water partition coefficient (Wildman–Crippen LogP) is 1.70. The van der Waals surface area contributed by atoms with Crippen LogP contribution in [0, 0.1) is 11.8 Å². The maximum absolute atomic E-state index is 12.2. The average Bonchev–Trinajstić information content (AvgIpc) is 3.38. The van der Waals surface area contributed by atoms with Gasteiger partial charge >= 0.3 is 11.9 Å². The van der Waals surface area contributed by atoms with E-state index >= 15 is 0 Å². The Kier molecular flexibility index (Phi) is 6.64. The van der Waals surface area contributed by atoms with Gasteiger partial charge in [0, 0.05) is 6.42 Å². The largest absolute Gasteiger partial charge is 0.463 e. The van der Waals surface area contributed by atoms with E-state index in [2.05, 4.69) is 0 Å². The Balaban J connectivity index is 1.80. The van der Waals surface area contributed by atoms with E-state index in [1.54, 1.807) is 0 Å². The molecule has 0 spiro atoms. The zero-order valence-corrected chi connectivity index (χ0v) is 13.4. The molecule has 0 aromatic rings. The number of hydrogen-bond acceptors (Lipinski definition) is 6. The van der Waals surface area contributed by atoms with Gasteiger partial charge in [0.1, 0.15) is 25.4 Å². The predicted molar refractivity (Wildman–Crippen MR) is 78.2 cm³/mol. The van der Waals surface area contributed by atoms with Crippen molar-refractivity contribution in [1.82, 2.24) is 0 Å². The molecule has 0 aromatic heterocycles. The topological polar surface area (TPSA) is 77.7 Å². The number of carbonyl (C=O) groups is 2. The van der Waals surface area contributed by atoms with Gasteiger partial charge in [0.05, 0.1) is 19.1 Å². The smallest absolute Gasteiger partial charge is 0.309 e. The summed E-state index contributed by atoms with van der Waals surface area (Å²) in [5, 5.41) is 0. The van der Waals surface area contributed by atoms with E-state index in [4.69, 9.17) is 18.9 Å². The summed E-state index contributed by atoms with van der Waals surface area (Å²) in [6, 6.07) is 0. The van der Waals surface area contributed by atoms with Crippen LogP contribution >= 0.6 is 0 Å². The highest BCUT2D eigenvalue weighted by molar-refractivity contribution is 5.75. The van der Waals surface area contributed by atoms with Gasteiger partial charge in [-0.25, -0.2) is 0 Å². The lowest BCUT2D eigenvalue weighted by Gasteiger charge is -2.23. The molecule has 0 N–H and O–H groups in total. The molecule has 6 nitrogen and oxygen atoms in total. The summed E-state index contributed by atoms with van der Waals surface area (Å²) in [6.45, 7) is 5.96. The minimum absolute atomic E-state index is 0.0322. The van der Waals surface area contributed by atoms with Gasteiger partial charge in [0.25, 0.3) is 0 Å². The van der Waals surface area contributed by atoms with Crippen molar-refractivity contribution >= 4 is 11.9 Å². The zero-order chi connectivity index (χ0) is 15.9. The third kappa shape index (κ3) is 5.93. The number of rotatable bonds is 11. The molecule has 2 fully saturated rings. The molecule has 2 aliphatic heterocycles. The van der Waals surface area contributed by atoms with Crippen LogP contribution in [0.3, 0.4) is 0 Å². The fraction of sp³-hybridized carbons (Fsp3) is 0.875. The Hall–Kier alpha value is -1.14. The molecule has 2 saturated heterocycles. The van der Waals surface area contributed by atoms with E-state index in [9.17, 15) is 9.59 Å². The first-order valence-corrected chi connectivity index (χ1v) is 8.19. The zero-order valence-electron chi connectivity index (χ0n) is 13.4. The molecule has 0 amide bonds. The Morgan fingerprint density at radius 1 is 1.09 bits per heavy atom. The summed E-state index contributed by atoms with van der Waals surface area (Å²) >= 11 is 0. The van der Waals surface area contributed by atoms with Crippen molar-refractivity contribution < 1.29 is 28.5 Å². The molecule has 0 radical (unpaired) electrons. The Bertz CT molecular complexity index is 375. The Labute approximate surface area is 131 Å². The van der Waals surface area contributed by atoms with Gasteiger partial charge in [-0.3, -0.25) is 9.59 Å². The van der Waals surface area contributed by atoms with Crippen LogP contribution in [-0.2, 0) is 28.5 Å². The number of ether oxygens (including phenoxy) is 4. The molecule has 0 saturated carbocycles. The molecule has 22 heavy (non-hydrogen) atoms. The molecule has 126 valence electrons. The average molecular weight is 314 g/mol. The lowest BCUT2D eigenvalue weighted by molar-refractivity contribution is -0.153. The highest BCUT2D eigenvalue weighted by Gasteiger charge is 2.32. The molecule has 2 rings (SSSR count). The van der Waals surface area contributed by atoms with Gasteiger partial charge in [0.15, 0.2) is 0 Å². The van der Waals surface area contributed by atoms with Crippen molar-refractivity contribution in [3.05, 3.63) is 0 Å². The first kappa shape index (κ1) is 17.2. The molecular weight excluding hydrogens is 288 g/mol. The maximum Gasteiger partial charge on any atom is 0.309 e. The number of esters is 2. The van der Waals surface area contributed by atoms with E-state index in [1.165, 1.54) is 0 Å². The normalized spacial score (nSPS) is 25.2. The standard InChI is InChI=1S/C16H26O6/c1-3-5-11(6-15(17)21-9-12-7-19-12)14(4-2)16(18)22-10-13-8-20-13/h11-14H,3-10H2,1-2H3. The minimum Gasteiger partial charge on any atom is -0.463 e. The molecule has 4 atom stereocenters. The van der Waals surface area contributed by atoms with Crippen molar-refractivity contribution in [2.45, 2.75) is 51.7 Å². The van der Waals surface area contributed by atoms with Gasteiger partial charge < -0.3 is 18.9 Å². The molecule has 2 aliphatic rings. The first-order valence-electron chi connectivity index (χ1n) is 8.19. The molecular formula is C16H26O6. The van der Waals surface area contributed by atoms with Crippen LogP contribution in [0.4, 0.5) is 0 Å². The summed E-state index contributed by atoms with van der Waals surface area (Å²) in [7, 11) is 0. The molecule has 6 heteroatoms. The molecule has 0 aliphatic carbocycles. The number of epoxide rings is 2. The summed E-state index contributed by atoms with van der Waals surface area (Å²) in [6.07, 6.45) is 2.78. The third-order valence-electron chi connectivity index (χ3n) is 4.05. The van der Waals surface area contributed by atoms with E-state index < -0.39 is 0 Å². The monoisotopic (exact) mass is 314 g/mol. The van der Waals surface area contributed by atoms with Gasteiger partial charge in [-0.2, -0.15) is 0 Å². The van der Waals surface area contributed by atoms with Crippen LogP contribution in [0.15, 0.2) is 0 Å². The van der Waals surface area contributed by atoms with E-state index in [0.717, 1.165) is 12.8 Å². The second-order valence-corrected chi connectivity index (χ2v) is 5.99. The number of carbonyl (C=O) groups excluding carboxylic acids is 2. The second-order valence-electron chi connectivity index (χ2n) is 5.99. The molecule has 0 aromatic carbocycles. The van der Waals surface area contributed by atoms with Crippen LogP contribution in [0.5, 0.6) is 0 Å². The van der Waals surface area contributed by atoms with E-state index in [0.29, 0.717) is 32.8 Å². The van der Waals surface area contributed by atoms with E-state index in [1.807, 2.05) is 13.8 Å². The molecule has 0 bridgehead atoms. The van der Waals surface area contributed by atoms with Crippen LogP contribution < -0.4 is 0 Å². The summed E-state index contributed by atoms with van der Waals surface area (Å²) in [5.74, 6) is -0.779. The number of hydrogen-bond donors (Lipinski definition) is 0. The van der Waals surface area contributed by atoms with Crippen LogP contribution in [-0.4, -0.2) is 50.6 Å². The highest BCUT2D eigenvalue weighted by Crippen LogP contribution is 2.27. The van der Waals surface area contributed by atoms with Crippen molar-refractivity contribution in [3.8, 4) is 0 Å². The van der Waals surface area contributed by atoms with Crippen molar-refractivity contribution in [1.29, 1.82) is 0 Å². The first-order chi connectivity index (χ1) is 10.6. The quantitative estimate of drug-likeness (QED) is 0.427. The highest BCUT2D eigenvalue weighted by atomic mass is 16.6. The maximum atomic E-state index is 12.2. The van der Waals surface area contributed by atoms with Gasteiger partial charge in [-0.15, -0.1) is 0 Å². The van der Waals surface area contributed by atoms with Crippen molar-refractivity contribution in [2.75, 3.05) is 26.4 Å². The van der Waals surface area contributed by atoms with Crippen molar-refractivity contribution in [2.24, 2.45) is 11.8 Å². The van der Waals surface area contributed by atoms with Gasteiger partial charge in [0.2, 0.25) is 0 Å². The lowest BCUT2D eigenvalue weighted by Crippen LogP contribution is -2.29. The van der Waals surface area contributed by atoms with E-state index in [-0.39, 0.29) is 42.4 Å². The Morgan fingerprint density at radius 2 is 1.68 bits per heavy atom. The van der Waals surface area contributed by atoms with Gasteiger partial charge in [-0.05, 0) is 18.8 Å². The van der Waals surface area contributed by atoms with Gasteiger partial charge in [-0.1, -0.05) is 20.3 Å². The lowest BCUT2D eigenvalue weighted by atomic mass is 9.84. The summed E-state index contributed by atoms with van der Waals surface area (Å²) < 4.78 is 20.5. The van der Waals surface area contributed by atoms with Crippen LogP contribution in [0.25, 0.3) is 0 Å². The Morgan fingerprint density at radius 3 is 2.18 bits per heavy atom. The van der Waals surface area contributed by atoms with Crippen LogP contribution in [0.1, 0.15) is 39.5 Å². The third-order valence-corrected chi connectivity index (χ3v) is 4.05. The minimum atomic E-state index is -0.261. The summed E-state index contributed by atoms with van der Waals surface area (Å²) in [5.41, 5.74) is 0. The summed E-state index contributed by atoms with van der Waals surface area (Å²) in [4.78, 5) is 24.2. The fourth-order valence-electron chi connectivity index (χ4n) is 2.58. The molecule has 2 heterocycles. The van der Waals surface area contributed by atoms with Crippen molar-refractivity contribution in [3.63, 3.8) is 0 Å². The fourth-order valence-corrected chi connectivity index (χ4v) is 2.58. The SMILES string of the molecule is CCCC(CC(=O)OCC1CO1)C(CC)C(=O)OCC1CO1. The molecule has 4 unspecified atom stereocenters. The van der Waals surface area contributed by atoms with Crippen LogP contribution in [0.2, 0.25) is 0 Å².